The molecule has 0 aliphatic carbocycles. The van der Waals surface area contributed by atoms with Gasteiger partial charge >= 0.3 is 0 Å². The molecule has 3 heterocycles. The number of nitrogen functional groups attached to an aromatic ring is 1. The van der Waals surface area contributed by atoms with Crippen molar-refractivity contribution in [2.75, 3.05) is 5.73 Å². The zero-order valence-corrected chi connectivity index (χ0v) is 11.5. The summed E-state index contributed by atoms with van der Waals surface area (Å²) in [5.74, 6) is 0.436. The Labute approximate surface area is 118 Å². The molecule has 102 valence electrons. The molecule has 7 heteroatoms. The number of hydrogen-bond acceptors (Lipinski definition) is 6. The van der Waals surface area contributed by atoms with Crippen LogP contribution >= 0.6 is 11.3 Å². The van der Waals surface area contributed by atoms with Crippen molar-refractivity contribution in [3.8, 4) is 0 Å². The Morgan fingerprint density at radius 1 is 1.45 bits per heavy atom. The maximum absolute atomic E-state index is 12.3. The molecule has 20 heavy (non-hydrogen) atoms. The third-order valence-corrected chi connectivity index (χ3v) is 3.99. The van der Waals surface area contributed by atoms with Gasteiger partial charge < -0.3 is 15.5 Å². The zero-order chi connectivity index (χ0) is 14.1. The topological polar surface area (TPSA) is 94.0 Å². The minimum Gasteiger partial charge on any atom is -0.467 e. The van der Waals surface area contributed by atoms with Gasteiger partial charge in [0, 0.05) is 12.4 Å². The molecule has 0 spiro atoms. The monoisotopic (exact) mass is 288 g/mol. The first-order chi connectivity index (χ1) is 9.66. The molecule has 3 N–H and O–H groups in total. The molecular weight excluding hydrogens is 276 g/mol. The van der Waals surface area contributed by atoms with Crippen LogP contribution in [0, 0.1) is 0 Å². The van der Waals surface area contributed by atoms with E-state index >= 15 is 0 Å². The van der Waals surface area contributed by atoms with Crippen LogP contribution in [0.4, 0.5) is 5.69 Å². The fourth-order valence-corrected chi connectivity index (χ4v) is 2.81. The van der Waals surface area contributed by atoms with Crippen LogP contribution in [0.2, 0.25) is 0 Å². The van der Waals surface area contributed by atoms with E-state index in [1.54, 1.807) is 24.7 Å². The largest absolute Gasteiger partial charge is 0.467 e. The number of nitrogens with zero attached hydrogens (tertiary/aromatic N) is 2. The molecule has 0 saturated carbocycles. The summed E-state index contributed by atoms with van der Waals surface area (Å²) in [4.78, 5) is 21.6. The number of carbonyl (C=O) groups is 1. The van der Waals surface area contributed by atoms with Crippen LogP contribution in [0.3, 0.4) is 0 Å². The number of carbonyl (C=O) groups excluding carboxylic acids is 1. The first-order valence-electron chi connectivity index (χ1n) is 6.00. The quantitative estimate of drug-likeness (QED) is 0.771. The Balaban J connectivity index is 1.87. The highest BCUT2D eigenvalue weighted by atomic mass is 32.1. The predicted octanol–water partition coefficient (Wildman–Crippen LogP) is 2.36. The van der Waals surface area contributed by atoms with Crippen molar-refractivity contribution < 1.29 is 9.21 Å². The molecule has 3 aromatic heterocycles. The number of nitrogens with two attached hydrogens (primary N) is 1. The number of amides is 1. The second-order valence-corrected chi connectivity index (χ2v) is 5.26. The van der Waals surface area contributed by atoms with E-state index < -0.39 is 0 Å². The number of aromatic nitrogens is 2. The Hall–Kier alpha value is -2.41. The molecule has 1 amide bonds. The summed E-state index contributed by atoms with van der Waals surface area (Å²) >= 11 is 1.23. The summed E-state index contributed by atoms with van der Waals surface area (Å²) in [6, 6.07) is 3.35. The van der Waals surface area contributed by atoms with Crippen molar-refractivity contribution >= 4 is 33.3 Å². The first kappa shape index (κ1) is 12.6. The Morgan fingerprint density at radius 2 is 2.25 bits per heavy atom. The lowest BCUT2D eigenvalue weighted by Gasteiger charge is -2.10. The molecule has 0 fully saturated rings. The Bertz CT molecular complexity index is 751. The van der Waals surface area contributed by atoms with Gasteiger partial charge in [-0.05, 0) is 19.1 Å². The standard InChI is InChI=1S/C13H12N4O2S/c1-7(8-3-2-6-19-8)17-12(18)11-9(14)10-13(20-11)16-5-4-15-10/h2-7H,14H2,1H3,(H,17,18). The number of nitrogens with one attached hydrogen (secondary N) is 1. The van der Waals surface area contributed by atoms with E-state index in [1.165, 1.54) is 11.3 Å². The van der Waals surface area contributed by atoms with Crippen molar-refractivity contribution in [1.82, 2.24) is 15.3 Å². The van der Waals surface area contributed by atoms with Gasteiger partial charge in [0.25, 0.3) is 5.91 Å². The average Bonchev–Trinajstić information content (AvgIpc) is 3.07. The van der Waals surface area contributed by atoms with E-state index in [0.29, 0.717) is 26.7 Å². The smallest absolute Gasteiger partial charge is 0.264 e. The summed E-state index contributed by atoms with van der Waals surface area (Å²) in [7, 11) is 0. The third kappa shape index (κ3) is 2.12. The minimum absolute atomic E-state index is 0.233. The van der Waals surface area contributed by atoms with E-state index in [0.717, 1.165) is 0 Å². The first-order valence-corrected chi connectivity index (χ1v) is 6.81. The van der Waals surface area contributed by atoms with Gasteiger partial charge in [0.2, 0.25) is 0 Å². The molecule has 0 bridgehead atoms. The number of thiophene rings is 1. The molecule has 3 aromatic rings. The highest BCUT2D eigenvalue weighted by molar-refractivity contribution is 7.21. The van der Waals surface area contributed by atoms with Crippen LogP contribution < -0.4 is 11.1 Å². The lowest BCUT2D eigenvalue weighted by molar-refractivity contribution is 0.0940. The van der Waals surface area contributed by atoms with Crippen LogP contribution in [0.25, 0.3) is 10.3 Å². The highest BCUT2D eigenvalue weighted by Gasteiger charge is 2.20. The van der Waals surface area contributed by atoms with Gasteiger partial charge in [0.15, 0.2) is 0 Å². The van der Waals surface area contributed by atoms with E-state index in [-0.39, 0.29) is 11.9 Å². The van der Waals surface area contributed by atoms with Crippen LogP contribution in [0.5, 0.6) is 0 Å². The van der Waals surface area contributed by atoms with Crippen LogP contribution in [0.15, 0.2) is 35.2 Å². The molecule has 0 aliphatic rings. The van der Waals surface area contributed by atoms with Crippen molar-refractivity contribution in [3.05, 3.63) is 41.4 Å². The van der Waals surface area contributed by atoms with Crippen molar-refractivity contribution in [3.63, 3.8) is 0 Å². The molecule has 1 atom stereocenters. The number of hydrogen-bond donors (Lipinski definition) is 2. The van der Waals surface area contributed by atoms with Gasteiger partial charge in [-0.25, -0.2) is 9.97 Å². The SMILES string of the molecule is CC(NC(=O)c1sc2nccnc2c1N)c1ccco1. The van der Waals surface area contributed by atoms with Crippen molar-refractivity contribution in [2.24, 2.45) is 0 Å². The summed E-state index contributed by atoms with van der Waals surface area (Å²) in [6.07, 6.45) is 4.70. The van der Waals surface area contributed by atoms with Crippen LogP contribution in [0.1, 0.15) is 28.4 Å². The second-order valence-electron chi connectivity index (χ2n) is 4.27. The molecule has 0 radical (unpaired) electrons. The number of rotatable bonds is 3. The number of fused-ring (bicyclic) bond motifs is 1. The molecule has 6 nitrogen and oxygen atoms in total. The fourth-order valence-electron chi connectivity index (χ4n) is 1.88. The molecule has 3 rings (SSSR count). The molecule has 0 saturated heterocycles. The Kier molecular flexibility index (Phi) is 3.11. The van der Waals surface area contributed by atoms with Gasteiger partial charge in [0.1, 0.15) is 21.0 Å². The fraction of sp³-hybridized carbons (Fsp3) is 0.154. The normalized spacial score (nSPS) is 12.4. The average molecular weight is 288 g/mol. The van der Waals surface area contributed by atoms with Gasteiger partial charge in [0.05, 0.1) is 18.0 Å². The van der Waals surface area contributed by atoms with E-state index in [9.17, 15) is 4.79 Å². The zero-order valence-electron chi connectivity index (χ0n) is 10.7. The van der Waals surface area contributed by atoms with Crippen LogP contribution in [-0.2, 0) is 0 Å². The second kappa shape index (κ2) is 4.93. The summed E-state index contributed by atoms with van der Waals surface area (Å²) in [5, 5.41) is 2.84. The van der Waals surface area contributed by atoms with Crippen LogP contribution in [-0.4, -0.2) is 15.9 Å². The summed E-state index contributed by atoms with van der Waals surface area (Å²) < 4.78 is 5.25. The molecule has 0 aromatic carbocycles. The summed E-state index contributed by atoms with van der Waals surface area (Å²) in [5.41, 5.74) is 6.88. The van der Waals surface area contributed by atoms with Crippen molar-refractivity contribution in [1.29, 1.82) is 0 Å². The lowest BCUT2D eigenvalue weighted by Crippen LogP contribution is -2.26. The van der Waals surface area contributed by atoms with Gasteiger partial charge in [-0.15, -0.1) is 11.3 Å². The molecule has 0 aliphatic heterocycles. The maximum atomic E-state index is 12.3. The Morgan fingerprint density at radius 3 is 2.95 bits per heavy atom. The molecule has 1 unspecified atom stereocenters. The van der Waals surface area contributed by atoms with Gasteiger partial charge in [-0.2, -0.15) is 0 Å². The predicted molar refractivity (Wildman–Crippen MR) is 76.4 cm³/mol. The van der Waals surface area contributed by atoms with E-state index in [4.69, 9.17) is 10.2 Å². The maximum Gasteiger partial charge on any atom is 0.264 e. The van der Waals surface area contributed by atoms with Gasteiger partial charge in [-0.1, -0.05) is 0 Å². The highest BCUT2D eigenvalue weighted by Crippen LogP contribution is 2.30. The number of furan rings is 1. The third-order valence-electron chi connectivity index (χ3n) is 2.89. The number of anilines is 1. The van der Waals surface area contributed by atoms with Gasteiger partial charge in [-0.3, -0.25) is 4.79 Å². The lowest BCUT2D eigenvalue weighted by atomic mass is 10.2. The van der Waals surface area contributed by atoms with E-state index in [2.05, 4.69) is 15.3 Å². The van der Waals surface area contributed by atoms with E-state index in [1.807, 2.05) is 13.0 Å². The molecular formula is C13H12N4O2S. The summed E-state index contributed by atoms with van der Waals surface area (Å²) in [6.45, 7) is 1.84. The minimum atomic E-state index is -0.254. The van der Waals surface area contributed by atoms with Crippen molar-refractivity contribution in [2.45, 2.75) is 13.0 Å².